The van der Waals surface area contributed by atoms with Crippen molar-refractivity contribution in [1.82, 2.24) is 9.88 Å². The molecule has 0 bridgehead atoms. The van der Waals surface area contributed by atoms with E-state index in [1.165, 1.54) is 4.90 Å². The Hall–Kier alpha value is -4.91. The number of amides is 1. The molecule has 1 saturated heterocycles. The highest BCUT2D eigenvalue weighted by Gasteiger charge is 2.46. The maximum absolute atomic E-state index is 13.4. The molecule has 40 heavy (non-hydrogen) atoms. The zero-order chi connectivity index (χ0) is 28.1. The highest BCUT2D eigenvalue weighted by molar-refractivity contribution is 6.46. The number of ketones is 1. The zero-order valence-corrected chi connectivity index (χ0v) is 22.4. The van der Waals surface area contributed by atoms with E-state index in [9.17, 15) is 14.7 Å². The Balaban J connectivity index is 1.47. The number of rotatable bonds is 9. The molecule has 2 heterocycles. The zero-order valence-electron chi connectivity index (χ0n) is 22.4. The van der Waals surface area contributed by atoms with Crippen molar-refractivity contribution in [3.8, 4) is 11.5 Å². The molecule has 1 aliphatic heterocycles. The van der Waals surface area contributed by atoms with Gasteiger partial charge in [0.05, 0.1) is 18.2 Å². The monoisotopic (exact) mass is 534 g/mol. The van der Waals surface area contributed by atoms with Crippen LogP contribution in [0.15, 0.2) is 103 Å². The lowest BCUT2D eigenvalue weighted by atomic mass is 9.95. The fraction of sp³-hybridized carbons (Fsp3) is 0.182. The molecule has 0 unspecified atom stereocenters. The molecule has 0 radical (unpaired) electrons. The van der Waals surface area contributed by atoms with E-state index >= 15 is 0 Å². The van der Waals surface area contributed by atoms with Gasteiger partial charge >= 0.3 is 0 Å². The number of hydrogen-bond acceptors (Lipinski definition) is 6. The van der Waals surface area contributed by atoms with Crippen molar-refractivity contribution in [2.24, 2.45) is 0 Å². The number of carbonyl (C=O) groups is 2. The van der Waals surface area contributed by atoms with Gasteiger partial charge < -0.3 is 19.5 Å². The Morgan fingerprint density at radius 3 is 2.23 bits per heavy atom. The van der Waals surface area contributed by atoms with Crippen molar-refractivity contribution < 1.29 is 24.2 Å². The summed E-state index contributed by atoms with van der Waals surface area (Å²) in [5, 5.41) is 11.4. The van der Waals surface area contributed by atoms with Gasteiger partial charge in [-0.25, -0.2) is 0 Å². The minimum atomic E-state index is -0.777. The normalized spacial score (nSPS) is 16.2. The number of aliphatic hydroxyl groups is 1. The molecule has 1 aliphatic rings. The van der Waals surface area contributed by atoms with Crippen LogP contribution in [0.4, 0.5) is 0 Å². The summed E-state index contributed by atoms with van der Waals surface area (Å²) in [4.78, 5) is 32.2. The van der Waals surface area contributed by atoms with Gasteiger partial charge in [0.25, 0.3) is 11.7 Å². The molecule has 0 saturated carbocycles. The van der Waals surface area contributed by atoms with Crippen molar-refractivity contribution in [2.45, 2.75) is 33.0 Å². The van der Waals surface area contributed by atoms with Gasteiger partial charge in [0.15, 0.2) is 0 Å². The van der Waals surface area contributed by atoms with Crippen LogP contribution in [0.5, 0.6) is 11.5 Å². The Bertz CT molecular complexity index is 1530. The molecular weight excluding hydrogens is 504 g/mol. The van der Waals surface area contributed by atoms with Crippen LogP contribution in [-0.4, -0.2) is 33.3 Å². The predicted octanol–water partition coefficient (Wildman–Crippen LogP) is 5.99. The number of nitrogens with zero attached hydrogens (tertiary/aromatic N) is 2. The van der Waals surface area contributed by atoms with Gasteiger partial charge in [0.2, 0.25) is 0 Å². The number of aliphatic hydroxyl groups excluding tert-OH is 1. The van der Waals surface area contributed by atoms with Crippen molar-refractivity contribution in [3.05, 3.63) is 131 Å². The Kier molecular flexibility index (Phi) is 7.92. The van der Waals surface area contributed by atoms with Gasteiger partial charge in [-0.15, -0.1) is 0 Å². The van der Waals surface area contributed by atoms with Crippen LogP contribution >= 0.6 is 0 Å². The van der Waals surface area contributed by atoms with Crippen LogP contribution in [0.2, 0.25) is 0 Å². The average Bonchev–Trinajstić information content (AvgIpc) is 3.22. The largest absolute Gasteiger partial charge is 0.507 e. The number of aromatic nitrogens is 1. The summed E-state index contributed by atoms with van der Waals surface area (Å²) < 4.78 is 11.5. The molecule has 1 fully saturated rings. The molecule has 7 heteroatoms. The number of likely N-dealkylation sites (tertiary alicyclic amines) is 1. The van der Waals surface area contributed by atoms with E-state index in [1.54, 1.807) is 60.9 Å². The maximum Gasteiger partial charge on any atom is 0.295 e. The third kappa shape index (κ3) is 5.73. The quantitative estimate of drug-likeness (QED) is 0.161. The molecule has 1 N–H and O–H groups in total. The van der Waals surface area contributed by atoms with Crippen LogP contribution in [0.3, 0.4) is 0 Å². The fourth-order valence-corrected chi connectivity index (χ4v) is 4.82. The van der Waals surface area contributed by atoms with Gasteiger partial charge in [-0.1, -0.05) is 42.0 Å². The van der Waals surface area contributed by atoms with Gasteiger partial charge in [0, 0.05) is 24.5 Å². The van der Waals surface area contributed by atoms with Crippen LogP contribution in [0, 0.1) is 6.92 Å². The Labute approximate surface area is 233 Å². The molecule has 3 aromatic carbocycles. The highest BCUT2D eigenvalue weighted by atomic mass is 16.5. The topological polar surface area (TPSA) is 89.0 Å². The van der Waals surface area contributed by atoms with Gasteiger partial charge in [-0.05, 0) is 79.1 Å². The minimum absolute atomic E-state index is 0.0386. The lowest BCUT2D eigenvalue weighted by molar-refractivity contribution is -0.140. The first-order chi connectivity index (χ1) is 19.4. The van der Waals surface area contributed by atoms with Gasteiger partial charge in [-0.2, -0.15) is 0 Å². The van der Waals surface area contributed by atoms with Crippen molar-refractivity contribution in [1.29, 1.82) is 0 Å². The number of hydrogen-bond donors (Lipinski definition) is 1. The van der Waals surface area contributed by atoms with Crippen LogP contribution in [0.1, 0.15) is 40.8 Å². The lowest BCUT2D eigenvalue weighted by Gasteiger charge is -2.25. The van der Waals surface area contributed by atoms with E-state index in [0.717, 1.165) is 16.7 Å². The molecule has 1 aromatic heterocycles. The predicted molar refractivity (Wildman–Crippen MR) is 152 cm³/mol. The summed E-state index contributed by atoms with van der Waals surface area (Å²) >= 11 is 0. The molecule has 0 aliphatic carbocycles. The van der Waals surface area contributed by atoms with E-state index < -0.39 is 17.7 Å². The number of benzene rings is 3. The molecule has 1 amide bonds. The second kappa shape index (κ2) is 11.9. The summed E-state index contributed by atoms with van der Waals surface area (Å²) in [6, 6.07) is 25.0. The molecular formula is C33H30N2O5. The van der Waals surface area contributed by atoms with E-state index in [0.29, 0.717) is 35.8 Å². The van der Waals surface area contributed by atoms with Gasteiger partial charge in [-0.3, -0.25) is 14.6 Å². The molecule has 1 atom stereocenters. The van der Waals surface area contributed by atoms with E-state index in [1.807, 2.05) is 44.2 Å². The number of carbonyl (C=O) groups excluding carboxylic acids is 2. The number of ether oxygens (including phenoxy) is 2. The van der Waals surface area contributed by atoms with E-state index in [2.05, 4.69) is 11.1 Å². The third-order valence-electron chi connectivity index (χ3n) is 6.76. The molecule has 4 aromatic rings. The molecule has 7 nitrogen and oxygen atoms in total. The van der Waals surface area contributed by atoms with Crippen molar-refractivity contribution in [2.75, 3.05) is 6.61 Å². The van der Waals surface area contributed by atoms with Crippen molar-refractivity contribution in [3.63, 3.8) is 0 Å². The van der Waals surface area contributed by atoms with Gasteiger partial charge in [0.1, 0.15) is 23.9 Å². The minimum Gasteiger partial charge on any atom is -0.507 e. The second-order valence-electron chi connectivity index (χ2n) is 9.59. The second-order valence-corrected chi connectivity index (χ2v) is 9.59. The lowest BCUT2D eigenvalue weighted by Crippen LogP contribution is -2.29. The average molecular weight is 535 g/mol. The molecule has 5 rings (SSSR count). The van der Waals surface area contributed by atoms with Crippen molar-refractivity contribution >= 4 is 17.4 Å². The van der Waals surface area contributed by atoms with Crippen LogP contribution < -0.4 is 9.47 Å². The highest BCUT2D eigenvalue weighted by Crippen LogP contribution is 2.40. The molecule has 0 spiro atoms. The number of Topliss-reactive ketones (excluding diaryl/α,β-unsaturated/α-hetero) is 1. The van der Waals surface area contributed by atoms with Crippen LogP contribution in [0.25, 0.3) is 5.76 Å². The fourth-order valence-electron chi connectivity index (χ4n) is 4.82. The first kappa shape index (κ1) is 26.7. The smallest absolute Gasteiger partial charge is 0.295 e. The first-order valence-electron chi connectivity index (χ1n) is 13.1. The number of pyridine rings is 1. The Morgan fingerprint density at radius 2 is 1.55 bits per heavy atom. The maximum atomic E-state index is 13.4. The summed E-state index contributed by atoms with van der Waals surface area (Å²) in [5.74, 6) is -0.335. The van der Waals surface area contributed by atoms with E-state index in [-0.39, 0.29) is 17.9 Å². The summed E-state index contributed by atoms with van der Waals surface area (Å²) in [6.45, 7) is 5.04. The SMILES string of the molecule is CCOc1ccc([C@@H]2/C(=C(\O)c3ccc(OCc4cccc(C)c4)cc3)C(=O)C(=O)N2Cc2ccncc2)cc1. The molecule has 202 valence electrons. The number of aryl methyl sites for hydroxylation is 1. The summed E-state index contributed by atoms with van der Waals surface area (Å²) in [6.07, 6.45) is 3.28. The van der Waals surface area contributed by atoms with E-state index in [4.69, 9.17) is 9.47 Å². The third-order valence-corrected chi connectivity index (χ3v) is 6.76. The standard InChI is InChI=1S/C33H30N2O5/c1-3-39-27-11-7-25(8-12-27)30-29(32(37)33(38)35(30)20-23-15-17-34-18-16-23)31(36)26-9-13-28(14-10-26)40-21-24-6-4-5-22(2)19-24/h4-19,30,36H,3,20-21H2,1-2H3/b31-29+/t30-/m1/s1. The first-order valence-corrected chi connectivity index (χ1v) is 13.1. The van der Waals surface area contributed by atoms with Crippen LogP contribution in [-0.2, 0) is 22.7 Å². The summed E-state index contributed by atoms with van der Waals surface area (Å²) in [5.41, 5.74) is 4.18. The summed E-state index contributed by atoms with van der Waals surface area (Å²) in [7, 11) is 0. The Morgan fingerprint density at radius 1 is 0.875 bits per heavy atom.